The molecule has 1 aliphatic rings. The fourth-order valence-corrected chi connectivity index (χ4v) is 3.91. The van der Waals surface area contributed by atoms with Crippen LogP contribution in [0.2, 0.25) is 5.15 Å². The predicted octanol–water partition coefficient (Wildman–Crippen LogP) is 3.90. The molecule has 2 aromatic heterocycles. The average molecular weight is 378 g/mol. The minimum atomic E-state index is -0.157. The van der Waals surface area contributed by atoms with Crippen molar-refractivity contribution in [2.75, 3.05) is 11.1 Å². The van der Waals surface area contributed by atoms with Gasteiger partial charge in [0.15, 0.2) is 10.3 Å². The molecular formula is C17H20ClN5OS. The number of amides is 1. The van der Waals surface area contributed by atoms with E-state index >= 15 is 0 Å². The Kier molecular flexibility index (Phi) is 6.09. The second-order valence-corrected chi connectivity index (χ2v) is 7.20. The first-order valence-electron chi connectivity index (χ1n) is 8.26. The Balaban J connectivity index is 1.65. The van der Waals surface area contributed by atoms with Crippen LogP contribution in [-0.2, 0) is 11.3 Å². The number of carbonyl (C=O) groups excluding carboxylic acids is 1. The molecule has 3 rings (SSSR count). The molecule has 0 atom stereocenters. The quantitative estimate of drug-likeness (QED) is 0.450. The minimum absolute atomic E-state index is 0.157. The molecule has 1 saturated carbocycles. The fraction of sp³-hybridized carbons (Fsp3) is 0.412. The summed E-state index contributed by atoms with van der Waals surface area (Å²) in [7, 11) is 0. The second-order valence-electron chi connectivity index (χ2n) is 5.90. The number of carbonyl (C=O) groups is 1. The van der Waals surface area contributed by atoms with Gasteiger partial charge in [-0.2, -0.15) is 0 Å². The summed E-state index contributed by atoms with van der Waals surface area (Å²) in [5.41, 5.74) is 0.508. The van der Waals surface area contributed by atoms with Crippen molar-refractivity contribution in [2.45, 2.75) is 43.3 Å². The zero-order chi connectivity index (χ0) is 17.6. The zero-order valence-electron chi connectivity index (χ0n) is 13.8. The second kappa shape index (κ2) is 8.49. The van der Waals surface area contributed by atoms with Crippen LogP contribution >= 0.6 is 23.4 Å². The third-order valence-electron chi connectivity index (χ3n) is 4.14. The highest BCUT2D eigenvalue weighted by molar-refractivity contribution is 7.99. The number of anilines is 1. The van der Waals surface area contributed by atoms with Crippen molar-refractivity contribution in [1.29, 1.82) is 0 Å². The highest BCUT2D eigenvalue weighted by atomic mass is 35.5. The molecule has 132 valence electrons. The van der Waals surface area contributed by atoms with Crippen LogP contribution in [0.5, 0.6) is 0 Å². The highest BCUT2D eigenvalue weighted by Crippen LogP contribution is 2.34. The lowest BCUT2D eigenvalue weighted by Crippen LogP contribution is -2.15. The monoisotopic (exact) mass is 377 g/mol. The smallest absolute Gasteiger partial charge is 0.234 e. The molecule has 0 unspecified atom stereocenters. The lowest BCUT2D eigenvalue weighted by Gasteiger charge is -2.12. The third-order valence-corrected chi connectivity index (χ3v) is 5.41. The van der Waals surface area contributed by atoms with Gasteiger partial charge in [-0.3, -0.25) is 4.79 Å². The Labute approximate surface area is 156 Å². The molecule has 8 heteroatoms. The number of hydrogen-bond acceptors (Lipinski definition) is 5. The van der Waals surface area contributed by atoms with Gasteiger partial charge in [-0.1, -0.05) is 42.3 Å². The van der Waals surface area contributed by atoms with E-state index in [-0.39, 0.29) is 16.8 Å². The first kappa shape index (κ1) is 17.9. The van der Waals surface area contributed by atoms with Gasteiger partial charge in [0, 0.05) is 18.7 Å². The molecule has 0 radical (unpaired) electrons. The molecule has 0 bridgehead atoms. The molecule has 2 aromatic rings. The fourth-order valence-electron chi connectivity index (χ4n) is 2.99. The first-order chi connectivity index (χ1) is 12.2. The Morgan fingerprint density at radius 3 is 2.96 bits per heavy atom. The van der Waals surface area contributed by atoms with Crippen LogP contribution < -0.4 is 5.32 Å². The molecular weight excluding hydrogens is 358 g/mol. The molecule has 1 amide bonds. The highest BCUT2D eigenvalue weighted by Gasteiger charge is 2.24. The van der Waals surface area contributed by atoms with Gasteiger partial charge in [0.25, 0.3) is 0 Å². The van der Waals surface area contributed by atoms with E-state index in [1.54, 1.807) is 18.3 Å². The number of thioether (sulfide) groups is 1. The molecule has 2 heterocycles. The molecule has 1 fully saturated rings. The van der Waals surface area contributed by atoms with Gasteiger partial charge in [0.05, 0.1) is 11.4 Å². The van der Waals surface area contributed by atoms with Gasteiger partial charge in [0.1, 0.15) is 5.82 Å². The van der Waals surface area contributed by atoms with Crippen LogP contribution in [-0.4, -0.2) is 31.4 Å². The number of allylic oxidation sites excluding steroid dienone is 1. The number of rotatable bonds is 7. The maximum atomic E-state index is 12.2. The van der Waals surface area contributed by atoms with Crippen molar-refractivity contribution < 1.29 is 4.79 Å². The Morgan fingerprint density at radius 2 is 2.24 bits per heavy atom. The summed E-state index contributed by atoms with van der Waals surface area (Å²) in [6.07, 6.45) is 8.20. The summed E-state index contributed by atoms with van der Waals surface area (Å²) < 4.78 is 2.07. The van der Waals surface area contributed by atoms with Crippen molar-refractivity contribution in [3.63, 3.8) is 0 Å². The minimum Gasteiger partial charge on any atom is -0.323 e. The lowest BCUT2D eigenvalue weighted by molar-refractivity contribution is -0.113. The maximum absolute atomic E-state index is 12.2. The van der Waals surface area contributed by atoms with E-state index < -0.39 is 0 Å². The van der Waals surface area contributed by atoms with Crippen LogP contribution in [0, 0.1) is 0 Å². The van der Waals surface area contributed by atoms with E-state index in [2.05, 4.69) is 31.6 Å². The SMILES string of the molecule is C=CCn1c(SCC(=O)Nc2cccnc2Cl)nnc1C1CCCC1. The Hall–Kier alpha value is -1.86. The van der Waals surface area contributed by atoms with Crippen molar-refractivity contribution in [3.8, 4) is 0 Å². The van der Waals surface area contributed by atoms with Crippen LogP contribution in [0.4, 0.5) is 5.69 Å². The van der Waals surface area contributed by atoms with E-state index in [1.165, 1.54) is 24.6 Å². The number of halogens is 1. The Morgan fingerprint density at radius 1 is 1.44 bits per heavy atom. The molecule has 1 N–H and O–H groups in total. The summed E-state index contributed by atoms with van der Waals surface area (Å²) in [5, 5.41) is 12.4. The predicted molar refractivity (Wildman–Crippen MR) is 100 cm³/mol. The molecule has 0 saturated heterocycles. The molecule has 1 aliphatic carbocycles. The third kappa shape index (κ3) is 4.41. The molecule has 0 aromatic carbocycles. The number of aromatic nitrogens is 4. The summed E-state index contributed by atoms with van der Waals surface area (Å²) in [6.45, 7) is 4.47. The van der Waals surface area contributed by atoms with Gasteiger partial charge in [-0.15, -0.1) is 16.8 Å². The van der Waals surface area contributed by atoms with Crippen molar-refractivity contribution >= 4 is 35.0 Å². The van der Waals surface area contributed by atoms with E-state index in [0.29, 0.717) is 18.2 Å². The number of hydrogen-bond donors (Lipinski definition) is 1. The normalized spacial score (nSPS) is 14.6. The van der Waals surface area contributed by atoms with E-state index in [4.69, 9.17) is 11.6 Å². The van der Waals surface area contributed by atoms with Gasteiger partial charge in [0.2, 0.25) is 5.91 Å². The van der Waals surface area contributed by atoms with E-state index in [1.807, 2.05) is 6.08 Å². The van der Waals surface area contributed by atoms with Gasteiger partial charge >= 0.3 is 0 Å². The standard InChI is InChI=1S/C17H20ClN5OS/c1-2-10-23-16(12-6-3-4-7-12)21-22-17(23)25-11-14(24)20-13-8-5-9-19-15(13)18/h2,5,8-9,12H,1,3-4,6-7,10-11H2,(H,20,24). The van der Waals surface area contributed by atoms with Gasteiger partial charge in [-0.25, -0.2) is 4.98 Å². The van der Waals surface area contributed by atoms with Crippen molar-refractivity contribution in [2.24, 2.45) is 0 Å². The lowest BCUT2D eigenvalue weighted by atomic mass is 10.1. The van der Waals surface area contributed by atoms with E-state index in [0.717, 1.165) is 23.8 Å². The largest absolute Gasteiger partial charge is 0.323 e. The topological polar surface area (TPSA) is 72.7 Å². The number of nitrogens with one attached hydrogen (secondary N) is 1. The maximum Gasteiger partial charge on any atom is 0.234 e. The van der Waals surface area contributed by atoms with Gasteiger partial charge < -0.3 is 9.88 Å². The summed E-state index contributed by atoms with van der Waals surface area (Å²) >= 11 is 7.32. The van der Waals surface area contributed by atoms with Crippen molar-refractivity contribution in [3.05, 3.63) is 42.0 Å². The van der Waals surface area contributed by atoms with E-state index in [9.17, 15) is 4.79 Å². The van der Waals surface area contributed by atoms with Crippen LogP contribution in [0.1, 0.15) is 37.4 Å². The van der Waals surface area contributed by atoms with Crippen molar-refractivity contribution in [1.82, 2.24) is 19.7 Å². The molecule has 0 spiro atoms. The summed E-state index contributed by atoms with van der Waals surface area (Å²) in [5.74, 6) is 1.54. The Bertz CT molecular complexity index is 757. The zero-order valence-corrected chi connectivity index (χ0v) is 15.4. The van der Waals surface area contributed by atoms with Crippen LogP contribution in [0.15, 0.2) is 36.1 Å². The number of pyridine rings is 1. The first-order valence-corrected chi connectivity index (χ1v) is 9.62. The molecule has 6 nitrogen and oxygen atoms in total. The molecule has 25 heavy (non-hydrogen) atoms. The summed E-state index contributed by atoms with van der Waals surface area (Å²) in [6, 6.07) is 3.44. The van der Waals surface area contributed by atoms with Crippen LogP contribution in [0.25, 0.3) is 0 Å². The van der Waals surface area contributed by atoms with Gasteiger partial charge in [-0.05, 0) is 25.0 Å². The molecule has 0 aliphatic heterocycles. The average Bonchev–Trinajstić information content (AvgIpc) is 3.25. The van der Waals surface area contributed by atoms with Crippen LogP contribution in [0.3, 0.4) is 0 Å². The summed E-state index contributed by atoms with van der Waals surface area (Å²) in [4.78, 5) is 16.1. The number of nitrogens with zero attached hydrogens (tertiary/aromatic N) is 4.